The first-order valence-electron chi connectivity index (χ1n) is 6.34. The van der Waals surface area contributed by atoms with Crippen LogP contribution >= 0.6 is 11.3 Å². The van der Waals surface area contributed by atoms with Crippen molar-refractivity contribution in [1.29, 1.82) is 0 Å². The number of fused-ring (bicyclic) bond motifs is 3. The number of thiophene rings is 1. The number of carbonyl (C=O) groups is 1. The lowest BCUT2D eigenvalue weighted by molar-refractivity contribution is 0.0218. The maximum atomic E-state index is 12.1. The van der Waals surface area contributed by atoms with E-state index in [0.29, 0.717) is 18.0 Å². The highest BCUT2D eigenvalue weighted by Crippen LogP contribution is 2.32. The van der Waals surface area contributed by atoms with Crippen LogP contribution in [-0.2, 0) is 0 Å². The molecule has 3 aliphatic heterocycles. The second-order valence-corrected chi connectivity index (χ2v) is 6.04. The van der Waals surface area contributed by atoms with Crippen LogP contribution in [0.3, 0.4) is 0 Å². The van der Waals surface area contributed by atoms with E-state index in [2.05, 4.69) is 17.1 Å². The molecule has 4 heteroatoms. The van der Waals surface area contributed by atoms with Gasteiger partial charge in [-0.3, -0.25) is 9.69 Å². The third-order valence-electron chi connectivity index (χ3n) is 4.22. The molecule has 4 rings (SSSR count). The van der Waals surface area contributed by atoms with Crippen molar-refractivity contribution in [1.82, 2.24) is 10.2 Å². The van der Waals surface area contributed by atoms with Crippen LogP contribution in [0.2, 0.25) is 0 Å². The van der Waals surface area contributed by atoms with Gasteiger partial charge in [-0.15, -0.1) is 11.3 Å². The molecule has 1 N–H and O–H groups in total. The van der Waals surface area contributed by atoms with Gasteiger partial charge in [0.25, 0.3) is 5.91 Å². The third-order valence-corrected chi connectivity index (χ3v) is 5.09. The van der Waals surface area contributed by atoms with Crippen molar-refractivity contribution in [2.75, 3.05) is 13.1 Å². The third kappa shape index (κ3) is 2.00. The molecule has 0 spiro atoms. The lowest BCUT2D eigenvalue weighted by Crippen LogP contribution is -2.62. The molecule has 0 aliphatic carbocycles. The molecule has 3 aliphatic rings. The quantitative estimate of drug-likeness (QED) is 0.870. The van der Waals surface area contributed by atoms with E-state index in [1.165, 1.54) is 37.3 Å². The molecule has 0 aromatic carbocycles. The van der Waals surface area contributed by atoms with E-state index in [1.54, 1.807) is 0 Å². The lowest BCUT2D eigenvalue weighted by atomic mass is 9.79. The molecule has 3 fully saturated rings. The standard InChI is InChI=1S/C13H18N2OS/c1-9-12(10-4-6-15(9)7-5-10)14-13(16)11-3-2-8-17-11/h2-3,8-10,12H,4-7H2,1H3,(H,14,16)/t9-,12+/m1/s1. The van der Waals surface area contributed by atoms with Crippen molar-refractivity contribution in [2.45, 2.75) is 31.8 Å². The summed E-state index contributed by atoms with van der Waals surface area (Å²) < 4.78 is 0. The molecular formula is C13H18N2OS. The minimum Gasteiger partial charge on any atom is -0.347 e. The Bertz CT molecular complexity index is 394. The van der Waals surface area contributed by atoms with Gasteiger partial charge < -0.3 is 5.32 Å². The van der Waals surface area contributed by atoms with Gasteiger partial charge in [0.05, 0.1) is 4.88 Å². The number of carbonyl (C=O) groups excluding carboxylic acids is 1. The molecular weight excluding hydrogens is 232 g/mol. The molecule has 3 nitrogen and oxygen atoms in total. The molecule has 2 bridgehead atoms. The highest BCUT2D eigenvalue weighted by atomic mass is 32.1. The van der Waals surface area contributed by atoms with Crippen LogP contribution in [0.5, 0.6) is 0 Å². The summed E-state index contributed by atoms with van der Waals surface area (Å²) in [5, 5.41) is 5.19. The Morgan fingerprint density at radius 1 is 1.47 bits per heavy atom. The van der Waals surface area contributed by atoms with Crippen LogP contribution in [0.15, 0.2) is 17.5 Å². The number of nitrogens with one attached hydrogen (secondary N) is 1. The SMILES string of the molecule is C[C@@H]1[C@H](NC(=O)c2cccs2)C2CCN1CC2. The van der Waals surface area contributed by atoms with Crippen molar-refractivity contribution >= 4 is 17.2 Å². The van der Waals surface area contributed by atoms with Crippen LogP contribution < -0.4 is 5.32 Å². The van der Waals surface area contributed by atoms with Gasteiger partial charge in [-0.2, -0.15) is 0 Å². The fourth-order valence-electron chi connectivity index (χ4n) is 3.18. The van der Waals surface area contributed by atoms with Crippen LogP contribution in [-0.4, -0.2) is 36.0 Å². The summed E-state index contributed by atoms with van der Waals surface area (Å²) >= 11 is 1.52. The van der Waals surface area contributed by atoms with E-state index < -0.39 is 0 Å². The normalized spacial score (nSPS) is 35.8. The number of hydrogen-bond acceptors (Lipinski definition) is 3. The predicted molar refractivity (Wildman–Crippen MR) is 69.3 cm³/mol. The number of nitrogens with zero attached hydrogens (tertiary/aromatic N) is 1. The van der Waals surface area contributed by atoms with E-state index in [-0.39, 0.29) is 5.91 Å². The Kier molecular flexibility index (Phi) is 2.92. The van der Waals surface area contributed by atoms with Crippen LogP contribution in [0, 0.1) is 5.92 Å². The van der Waals surface area contributed by atoms with E-state index >= 15 is 0 Å². The highest BCUT2D eigenvalue weighted by Gasteiger charge is 2.40. The zero-order valence-electron chi connectivity index (χ0n) is 10.1. The van der Waals surface area contributed by atoms with Gasteiger partial charge in [-0.05, 0) is 50.2 Å². The zero-order valence-corrected chi connectivity index (χ0v) is 10.9. The summed E-state index contributed by atoms with van der Waals surface area (Å²) in [4.78, 5) is 15.4. The van der Waals surface area contributed by atoms with Gasteiger partial charge in [-0.1, -0.05) is 6.07 Å². The first-order chi connectivity index (χ1) is 8.25. The average Bonchev–Trinajstić information content (AvgIpc) is 2.88. The second kappa shape index (κ2) is 4.42. The second-order valence-electron chi connectivity index (χ2n) is 5.09. The summed E-state index contributed by atoms with van der Waals surface area (Å²) in [5.41, 5.74) is 0. The molecule has 1 aromatic rings. The van der Waals surface area contributed by atoms with Crippen molar-refractivity contribution in [3.05, 3.63) is 22.4 Å². The maximum Gasteiger partial charge on any atom is 0.261 e. The Balaban J connectivity index is 1.71. The van der Waals surface area contributed by atoms with Gasteiger partial charge in [-0.25, -0.2) is 0 Å². The van der Waals surface area contributed by atoms with Gasteiger partial charge in [0.2, 0.25) is 0 Å². The Labute approximate surface area is 106 Å². The predicted octanol–water partition coefficient (Wildman–Crippen LogP) is 1.96. The van der Waals surface area contributed by atoms with Gasteiger partial charge >= 0.3 is 0 Å². The summed E-state index contributed by atoms with van der Waals surface area (Å²) in [5.74, 6) is 0.782. The van der Waals surface area contributed by atoms with E-state index in [9.17, 15) is 4.79 Å². The largest absolute Gasteiger partial charge is 0.347 e. The summed E-state index contributed by atoms with van der Waals surface area (Å²) in [6, 6.07) is 4.66. The minimum absolute atomic E-state index is 0.102. The summed E-state index contributed by atoms with van der Waals surface area (Å²) in [7, 11) is 0. The van der Waals surface area contributed by atoms with Gasteiger partial charge in [0, 0.05) is 12.1 Å². The van der Waals surface area contributed by atoms with Crippen molar-refractivity contribution in [3.63, 3.8) is 0 Å². The van der Waals surface area contributed by atoms with Crippen molar-refractivity contribution < 1.29 is 4.79 Å². The molecule has 0 saturated carbocycles. The number of hydrogen-bond donors (Lipinski definition) is 1. The van der Waals surface area contributed by atoms with Crippen LogP contribution in [0.4, 0.5) is 0 Å². The lowest BCUT2D eigenvalue weighted by Gasteiger charge is -2.49. The Morgan fingerprint density at radius 3 is 2.82 bits per heavy atom. The molecule has 92 valence electrons. The van der Waals surface area contributed by atoms with E-state index in [4.69, 9.17) is 0 Å². The first kappa shape index (κ1) is 11.2. The molecule has 3 saturated heterocycles. The van der Waals surface area contributed by atoms with Crippen LogP contribution in [0.25, 0.3) is 0 Å². The van der Waals surface area contributed by atoms with Gasteiger partial charge in [0.15, 0.2) is 0 Å². The highest BCUT2D eigenvalue weighted by molar-refractivity contribution is 7.12. The molecule has 2 atom stereocenters. The topological polar surface area (TPSA) is 32.3 Å². The van der Waals surface area contributed by atoms with Gasteiger partial charge in [0.1, 0.15) is 0 Å². The molecule has 4 heterocycles. The fraction of sp³-hybridized carbons (Fsp3) is 0.615. The molecule has 0 unspecified atom stereocenters. The maximum absolute atomic E-state index is 12.1. The number of piperidine rings is 3. The Hall–Kier alpha value is -0.870. The molecule has 1 aromatic heterocycles. The minimum atomic E-state index is 0.102. The fourth-order valence-corrected chi connectivity index (χ4v) is 3.80. The number of amides is 1. The number of rotatable bonds is 2. The molecule has 17 heavy (non-hydrogen) atoms. The van der Waals surface area contributed by atoms with Crippen LogP contribution in [0.1, 0.15) is 29.4 Å². The molecule has 0 radical (unpaired) electrons. The zero-order chi connectivity index (χ0) is 11.8. The molecule has 1 amide bonds. The monoisotopic (exact) mass is 250 g/mol. The summed E-state index contributed by atoms with van der Waals surface area (Å²) in [6.45, 7) is 4.65. The first-order valence-corrected chi connectivity index (χ1v) is 7.22. The summed E-state index contributed by atoms with van der Waals surface area (Å²) in [6.07, 6.45) is 2.47. The van der Waals surface area contributed by atoms with Crippen molar-refractivity contribution in [2.24, 2.45) is 5.92 Å². The smallest absolute Gasteiger partial charge is 0.261 e. The average molecular weight is 250 g/mol. The van der Waals surface area contributed by atoms with Crippen molar-refractivity contribution in [3.8, 4) is 0 Å². The Morgan fingerprint density at radius 2 is 2.24 bits per heavy atom. The van der Waals surface area contributed by atoms with E-state index in [1.807, 2.05) is 17.5 Å². The van der Waals surface area contributed by atoms with E-state index in [0.717, 1.165) is 4.88 Å².